The van der Waals surface area contributed by atoms with Crippen LogP contribution in [0, 0.1) is 13.8 Å². The van der Waals surface area contributed by atoms with Crippen molar-refractivity contribution in [2.75, 3.05) is 17.1 Å². The Balaban J connectivity index is 1.94. The van der Waals surface area contributed by atoms with Crippen molar-refractivity contribution in [1.82, 2.24) is 10.2 Å². The Hall–Kier alpha value is -3.07. The zero-order chi connectivity index (χ0) is 31.7. The molecule has 3 aromatic carbocycles. The first-order chi connectivity index (χ1) is 20.3. The van der Waals surface area contributed by atoms with E-state index in [0.29, 0.717) is 21.3 Å². The van der Waals surface area contributed by atoms with Crippen LogP contribution in [0.3, 0.4) is 0 Å². The zero-order valence-corrected chi connectivity index (χ0v) is 27.8. The van der Waals surface area contributed by atoms with E-state index in [1.165, 1.54) is 9.21 Å². The molecule has 0 saturated carbocycles. The highest BCUT2D eigenvalue weighted by atomic mass is 35.5. The fourth-order valence-electron chi connectivity index (χ4n) is 4.73. The molecular formula is C33H41Cl2N3O4S. The summed E-state index contributed by atoms with van der Waals surface area (Å²) < 4.78 is 26.8. The van der Waals surface area contributed by atoms with Gasteiger partial charge in [-0.3, -0.25) is 13.9 Å². The van der Waals surface area contributed by atoms with Crippen LogP contribution in [0.4, 0.5) is 5.69 Å². The summed E-state index contributed by atoms with van der Waals surface area (Å²) in [4.78, 5) is 29.3. The molecule has 1 N–H and O–H groups in total. The quantitative estimate of drug-likeness (QED) is 0.211. The largest absolute Gasteiger partial charge is 0.352 e. The van der Waals surface area contributed by atoms with E-state index in [9.17, 15) is 18.0 Å². The molecule has 43 heavy (non-hydrogen) atoms. The summed E-state index contributed by atoms with van der Waals surface area (Å²) in [6.45, 7) is 7.92. The van der Waals surface area contributed by atoms with Crippen LogP contribution in [0.2, 0.25) is 10.0 Å². The van der Waals surface area contributed by atoms with Crippen LogP contribution < -0.4 is 9.62 Å². The highest BCUT2D eigenvalue weighted by Gasteiger charge is 2.32. The minimum atomic E-state index is -3.60. The Bertz CT molecular complexity index is 1500. The number of hydrogen-bond acceptors (Lipinski definition) is 4. The minimum Gasteiger partial charge on any atom is -0.352 e. The molecule has 2 amide bonds. The van der Waals surface area contributed by atoms with Gasteiger partial charge in [-0.25, -0.2) is 8.42 Å². The van der Waals surface area contributed by atoms with Gasteiger partial charge >= 0.3 is 0 Å². The van der Waals surface area contributed by atoms with E-state index in [2.05, 4.69) is 5.32 Å². The van der Waals surface area contributed by atoms with E-state index < -0.39 is 16.1 Å². The number of benzene rings is 3. The Morgan fingerprint density at radius 3 is 2.16 bits per heavy atom. The number of sulfonamides is 1. The van der Waals surface area contributed by atoms with Gasteiger partial charge in [0.2, 0.25) is 21.8 Å². The first-order valence-electron chi connectivity index (χ1n) is 14.4. The molecule has 0 unspecified atom stereocenters. The molecule has 0 spiro atoms. The lowest BCUT2D eigenvalue weighted by Crippen LogP contribution is -2.52. The van der Waals surface area contributed by atoms with Crippen molar-refractivity contribution in [3.8, 4) is 0 Å². The third kappa shape index (κ3) is 9.71. The lowest BCUT2D eigenvalue weighted by Gasteiger charge is -2.33. The van der Waals surface area contributed by atoms with Gasteiger partial charge in [-0.05, 0) is 74.6 Å². The molecule has 0 bridgehead atoms. The number of anilines is 1. The van der Waals surface area contributed by atoms with E-state index in [1.54, 1.807) is 24.3 Å². The molecule has 3 rings (SSSR count). The third-order valence-electron chi connectivity index (χ3n) is 7.59. The number of amides is 2. The maximum atomic E-state index is 14.0. The molecule has 232 valence electrons. The number of carbonyl (C=O) groups excluding carboxylic acids is 2. The highest BCUT2D eigenvalue weighted by molar-refractivity contribution is 7.92. The molecule has 2 atom stereocenters. The van der Waals surface area contributed by atoms with Gasteiger partial charge in [-0.15, -0.1) is 0 Å². The van der Waals surface area contributed by atoms with Crippen molar-refractivity contribution in [2.45, 2.75) is 72.0 Å². The summed E-state index contributed by atoms with van der Waals surface area (Å²) in [5.41, 5.74) is 4.02. The van der Waals surface area contributed by atoms with Crippen LogP contribution in [-0.2, 0) is 32.6 Å². The predicted molar refractivity (Wildman–Crippen MR) is 176 cm³/mol. The number of hydrogen-bond donors (Lipinski definition) is 1. The van der Waals surface area contributed by atoms with Gasteiger partial charge in [0.05, 0.1) is 11.9 Å². The molecule has 0 aliphatic carbocycles. The zero-order valence-electron chi connectivity index (χ0n) is 25.4. The first-order valence-corrected chi connectivity index (χ1v) is 17.0. The number of rotatable bonds is 14. The first kappa shape index (κ1) is 34.4. The Labute approximate surface area is 266 Å². The second kappa shape index (κ2) is 15.6. The number of aryl methyl sites for hydroxylation is 2. The van der Waals surface area contributed by atoms with Crippen molar-refractivity contribution in [2.24, 2.45) is 0 Å². The molecule has 0 radical (unpaired) electrons. The molecule has 0 heterocycles. The molecule has 0 aromatic heterocycles. The maximum absolute atomic E-state index is 14.0. The Kier molecular flexibility index (Phi) is 12.5. The summed E-state index contributed by atoms with van der Waals surface area (Å²) in [5.74, 6) is -0.577. The summed E-state index contributed by atoms with van der Waals surface area (Å²) in [7, 11) is -3.60. The van der Waals surface area contributed by atoms with Crippen molar-refractivity contribution in [1.29, 1.82) is 0 Å². The fourth-order valence-corrected chi connectivity index (χ4v) is 6.21. The molecule has 3 aromatic rings. The number of carbonyl (C=O) groups is 2. The van der Waals surface area contributed by atoms with E-state index in [0.717, 1.165) is 29.4 Å². The Morgan fingerprint density at radius 2 is 1.58 bits per heavy atom. The van der Waals surface area contributed by atoms with Crippen LogP contribution >= 0.6 is 23.2 Å². The van der Waals surface area contributed by atoms with E-state index in [1.807, 2.05) is 70.2 Å². The predicted octanol–water partition coefficient (Wildman–Crippen LogP) is 6.71. The normalized spacial score (nSPS) is 12.8. The standard InChI is InChI=1S/C33H41Cl2N3O4S/c1-6-25(4)36-33(40)31(21-26-12-8-7-9-13-26)37(22-28-29(34)14-10-15-30(28)35)32(39)16-11-19-38(43(5,41)42)27-18-17-23(2)24(3)20-27/h7-10,12-15,17-18,20,25,31H,6,11,16,19,21-22H2,1-5H3,(H,36,40)/t25-,31+/m0/s1. The van der Waals surface area contributed by atoms with E-state index in [4.69, 9.17) is 23.2 Å². The van der Waals surface area contributed by atoms with Crippen LogP contribution in [0.5, 0.6) is 0 Å². The maximum Gasteiger partial charge on any atom is 0.243 e. The average Bonchev–Trinajstić information content (AvgIpc) is 2.95. The molecular weight excluding hydrogens is 605 g/mol. The van der Waals surface area contributed by atoms with Crippen molar-refractivity contribution < 1.29 is 18.0 Å². The van der Waals surface area contributed by atoms with Gasteiger partial charge in [0.25, 0.3) is 0 Å². The topological polar surface area (TPSA) is 86.8 Å². The second-order valence-electron chi connectivity index (χ2n) is 11.0. The average molecular weight is 647 g/mol. The summed E-state index contributed by atoms with van der Waals surface area (Å²) in [6, 6.07) is 19.2. The molecule has 0 aliphatic rings. The lowest BCUT2D eigenvalue weighted by atomic mass is 10.0. The van der Waals surface area contributed by atoms with Gasteiger partial charge in [-0.1, -0.05) is 72.6 Å². The van der Waals surface area contributed by atoms with Crippen molar-refractivity contribution >= 4 is 50.7 Å². The monoisotopic (exact) mass is 645 g/mol. The molecule has 0 fully saturated rings. The van der Waals surface area contributed by atoms with Crippen molar-refractivity contribution in [3.05, 3.63) is 99.0 Å². The van der Waals surface area contributed by atoms with Crippen LogP contribution in [0.15, 0.2) is 66.7 Å². The molecule has 10 heteroatoms. The van der Waals surface area contributed by atoms with E-state index in [-0.39, 0.29) is 50.2 Å². The summed E-state index contributed by atoms with van der Waals surface area (Å²) in [6.07, 6.45) is 2.44. The summed E-state index contributed by atoms with van der Waals surface area (Å²) >= 11 is 13.0. The highest BCUT2D eigenvalue weighted by Crippen LogP contribution is 2.28. The third-order valence-corrected chi connectivity index (χ3v) is 9.50. The number of nitrogens with one attached hydrogen (secondary N) is 1. The number of nitrogens with zero attached hydrogens (tertiary/aromatic N) is 2. The Morgan fingerprint density at radius 1 is 0.930 bits per heavy atom. The SMILES string of the molecule is CC[C@H](C)NC(=O)[C@@H](Cc1ccccc1)N(Cc1c(Cl)cccc1Cl)C(=O)CCCN(c1ccc(C)c(C)c1)S(C)(=O)=O. The van der Waals surface area contributed by atoms with E-state index >= 15 is 0 Å². The van der Waals surface area contributed by atoms with Gasteiger partial charge in [0, 0.05) is 47.6 Å². The molecule has 0 saturated heterocycles. The fraction of sp³-hybridized carbons (Fsp3) is 0.394. The minimum absolute atomic E-state index is 0.0147. The van der Waals surface area contributed by atoms with Gasteiger partial charge in [0.1, 0.15) is 6.04 Å². The van der Waals surface area contributed by atoms with Gasteiger partial charge in [-0.2, -0.15) is 0 Å². The summed E-state index contributed by atoms with van der Waals surface area (Å²) in [5, 5.41) is 3.82. The molecule has 7 nitrogen and oxygen atoms in total. The van der Waals surface area contributed by atoms with Crippen LogP contribution in [-0.4, -0.2) is 50.0 Å². The van der Waals surface area contributed by atoms with Crippen LogP contribution in [0.1, 0.15) is 55.4 Å². The van der Waals surface area contributed by atoms with Gasteiger partial charge < -0.3 is 10.2 Å². The van der Waals surface area contributed by atoms with Crippen LogP contribution in [0.25, 0.3) is 0 Å². The smallest absolute Gasteiger partial charge is 0.243 e. The number of halogens is 2. The van der Waals surface area contributed by atoms with Gasteiger partial charge in [0.15, 0.2) is 0 Å². The van der Waals surface area contributed by atoms with Crippen molar-refractivity contribution in [3.63, 3.8) is 0 Å². The second-order valence-corrected chi connectivity index (χ2v) is 13.7. The lowest BCUT2D eigenvalue weighted by molar-refractivity contribution is -0.141. The molecule has 0 aliphatic heterocycles.